The van der Waals surface area contributed by atoms with E-state index in [0.717, 1.165) is 5.69 Å². The Labute approximate surface area is 117 Å². The van der Waals surface area contributed by atoms with Crippen LogP contribution in [0.15, 0.2) is 30.3 Å². The lowest BCUT2D eigenvalue weighted by Gasteiger charge is -2.07. The molecule has 5 heteroatoms. The molecule has 0 fully saturated rings. The first-order valence-corrected chi connectivity index (χ1v) is 6.57. The quantitative estimate of drug-likeness (QED) is 0.803. The molecule has 1 aromatic heterocycles. The molecule has 0 aliphatic rings. The molecule has 0 unspecified atom stereocenters. The van der Waals surface area contributed by atoms with Crippen LogP contribution >= 0.6 is 0 Å². The third-order valence-electron chi connectivity index (χ3n) is 2.87. The van der Waals surface area contributed by atoms with Crippen molar-refractivity contribution in [2.45, 2.75) is 33.1 Å². The fourth-order valence-electron chi connectivity index (χ4n) is 1.69. The zero-order valence-corrected chi connectivity index (χ0v) is 11.8. The molecule has 0 bridgehead atoms. The van der Waals surface area contributed by atoms with Crippen LogP contribution in [-0.2, 0) is 4.79 Å². The van der Waals surface area contributed by atoms with E-state index in [1.807, 2.05) is 13.8 Å². The van der Waals surface area contributed by atoms with Gasteiger partial charge in [-0.15, -0.1) is 0 Å². The first-order chi connectivity index (χ1) is 9.51. The molecule has 0 atom stereocenters. The molecular weight excluding hydrogens is 259 g/mol. The maximum atomic E-state index is 13.0. The lowest BCUT2D eigenvalue weighted by atomic mass is 10.1. The highest BCUT2D eigenvalue weighted by atomic mass is 19.1. The highest BCUT2D eigenvalue weighted by Gasteiger charge is 2.15. The molecule has 0 radical (unpaired) electrons. The van der Waals surface area contributed by atoms with Gasteiger partial charge in [-0.3, -0.25) is 4.79 Å². The van der Waals surface area contributed by atoms with Crippen molar-refractivity contribution in [2.75, 3.05) is 0 Å². The van der Waals surface area contributed by atoms with Crippen LogP contribution in [0.1, 0.15) is 38.8 Å². The Morgan fingerprint density at radius 1 is 1.35 bits per heavy atom. The van der Waals surface area contributed by atoms with Gasteiger partial charge in [0.05, 0.1) is 11.4 Å². The van der Waals surface area contributed by atoms with Crippen LogP contribution in [0.4, 0.5) is 4.39 Å². The number of aromatic nitrogens is 2. The molecule has 4 nitrogen and oxygen atoms in total. The zero-order valence-electron chi connectivity index (χ0n) is 11.8. The highest BCUT2D eigenvalue weighted by molar-refractivity contribution is 5.71. The van der Waals surface area contributed by atoms with E-state index in [2.05, 4.69) is 5.10 Å². The predicted molar refractivity (Wildman–Crippen MR) is 73.5 cm³/mol. The number of carbonyl (C=O) groups is 1. The SMILES string of the molecule is CCC(=O)Oc1cc(C(C)C)nn1-c1ccc(F)cc1. The number of hydrogen-bond donors (Lipinski definition) is 0. The summed E-state index contributed by atoms with van der Waals surface area (Å²) in [7, 11) is 0. The Kier molecular flexibility index (Phi) is 4.17. The Morgan fingerprint density at radius 3 is 2.55 bits per heavy atom. The summed E-state index contributed by atoms with van der Waals surface area (Å²) in [5.74, 6) is -0.0939. The second-order valence-corrected chi connectivity index (χ2v) is 4.78. The largest absolute Gasteiger partial charge is 0.407 e. The monoisotopic (exact) mass is 276 g/mol. The van der Waals surface area contributed by atoms with Gasteiger partial charge in [0.2, 0.25) is 5.88 Å². The minimum Gasteiger partial charge on any atom is -0.407 e. The second kappa shape index (κ2) is 5.86. The summed E-state index contributed by atoms with van der Waals surface area (Å²) in [6.45, 7) is 5.73. The lowest BCUT2D eigenvalue weighted by molar-refractivity contribution is -0.134. The average Bonchev–Trinajstić information content (AvgIpc) is 2.83. The first-order valence-electron chi connectivity index (χ1n) is 6.57. The fourth-order valence-corrected chi connectivity index (χ4v) is 1.69. The molecule has 2 rings (SSSR count). The van der Waals surface area contributed by atoms with Crippen molar-refractivity contribution in [2.24, 2.45) is 0 Å². The van der Waals surface area contributed by atoms with Gasteiger partial charge in [-0.2, -0.15) is 5.10 Å². The number of nitrogens with zero attached hydrogens (tertiary/aromatic N) is 2. The molecule has 0 aliphatic heterocycles. The van der Waals surface area contributed by atoms with Crippen molar-refractivity contribution in [3.05, 3.63) is 41.8 Å². The molecule has 20 heavy (non-hydrogen) atoms. The van der Waals surface area contributed by atoms with Gasteiger partial charge in [0.15, 0.2) is 0 Å². The van der Waals surface area contributed by atoms with E-state index in [1.54, 1.807) is 25.1 Å². The summed E-state index contributed by atoms with van der Waals surface area (Å²) < 4.78 is 19.8. The molecule has 106 valence electrons. The standard InChI is InChI=1S/C15H17FN2O2/c1-4-15(19)20-14-9-13(10(2)3)17-18(14)12-7-5-11(16)6-8-12/h5-10H,4H2,1-3H3. The molecule has 0 saturated carbocycles. The number of halogens is 1. The van der Waals surface area contributed by atoms with Crippen molar-refractivity contribution < 1.29 is 13.9 Å². The zero-order chi connectivity index (χ0) is 14.7. The summed E-state index contributed by atoms with van der Waals surface area (Å²) >= 11 is 0. The summed E-state index contributed by atoms with van der Waals surface area (Å²) in [6, 6.07) is 7.61. The van der Waals surface area contributed by atoms with Crippen LogP contribution in [-0.4, -0.2) is 15.7 Å². The summed E-state index contributed by atoms with van der Waals surface area (Å²) in [5, 5.41) is 4.41. The van der Waals surface area contributed by atoms with Crippen LogP contribution in [0.5, 0.6) is 5.88 Å². The van der Waals surface area contributed by atoms with E-state index in [-0.39, 0.29) is 24.1 Å². The Bertz CT molecular complexity index is 603. The number of rotatable bonds is 4. The van der Waals surface area contributed by atoms with E-state index in [1.165, 1.54) is 16.8 Å². The third kappa shape index (κ3) is 3.04. The van der Waals surface area contributed by atoms with Gasteiger partial charge in [-0.05, 0) is 30.2 Å². The van der Waals surface area contributed by atoms with Crippen molar-refractivity contribution in [1.82, 2.24) is 9.78 Å². The van der Waals surface area contributed by atoms with Gasteiger partial charge in [-0.1, -0.05) is 20.8 Å². The van der Waals surface area contributed by atoms with Crippen molar-refractivity contribution in [1.29, 1.82) is 0 Å². The van der Waals surface area contributed by atoms with Crippen LogP contribution < -0.4 is 4.74 Å². The van der Waals surface area contributed by atoms with Crippen LogP contribution in [0, 0.1) is 5.82 Å². The molecular formula is C15H17FN2O2. The minimum absolute atomic E-state index is 0.204. The van der Waals surface area contributed by atoms with Gasteiger partial charge in [0, 0.05) is 12.5 Å². The molecule has 0 spiro atoms. The maximum Gasteiger partial charge on any atom is 0.312 e. The topological polar surface area (TPSA) is 44.1 Å². The molecule has 0 amide bonds. The van der Waals surface area contributed by atoms with Crippen molar-refractivity contribution in [3.63, 3.8) is 0 Å². The molecule has 2 aromatic rings. The van der Waals surface area contributed by atoms with Gasteiger partial charge in [0.1, 0.15) is 5.82 Å². The maximum absolute atomic E-state index is 13.0. The number of ether oxygens (including phenoxy) is 1. The molecule has 0 aliphatic carbocycles. The van der Waals surface area contributed by atoms with E-state index in [4.69, 9.17) is 4.74 Å². The van der Waals surface area contributed by atoms with Gasteiger partial charge in [-0.25, -0.2) is 9.07 Å². The summed E-state index contributed by atoms with van der Waals surface area (Å²) in [5.41, 5.74) is 1.46. The van der Waals surface area contributed by atoms with Crippen molar-refractivity contribution >= 4 is 5.97 Å². The van der Waals surface area contributed by atoms with E-state index < -0.39 is 0 Å². The predicted octanol–water partition coefficient (Wildman–Crippen LogP) is 3.45. The number of carbonyl (C=O) groups excluding carboxylic acids is 1. The number of benzene rings is 1. The van der Waals surface area contributed by atoms with Crippen molar-refractivity contribution in [3.8, 4) is 11.6 Å². The first kappa shape index (κ1) is 14.2. The number of esters is 1. The minimum atomic E-state index is -0.330. The van der Waals surface area contributed by atoms with E-state index >= 15 is 0 Å². The van der Waals surface area contributed by atoms with E-state index in [9.17, 15) is 9.18 Å². The molecule has 0 saturated heterocycles. The van der Waals surface area contributed by atoms with Crippen LogP contribution in [0.25, 0.3) is 5.69 Å². The second-order valence-electron chi connectivity index (χ2n) is 4.78. The van der Waals surface area contributed by atoms with Crippen LogP contribution in [0.3, 0.4) is 0 Å². The highest BCUT2D eigenvalue weighted by Crippen LogP contribution is 2.24. The Hall–Kier alpha value is -2.17. The normalized spacial score (nSPS) is 10.8. The van der Waals surface area contributed by atoms with Gasteiger partial charge in [0.25, 0.3) is 0 Å². The molecule has 1 heterocycles. The number of hydrogen-bond acceptors (Lipinski definition) is 3. The average molecular weight is 276 g/mol. The Morgan fingerprint density at radius 2 is 2.00 bits per heavy atom. The summed E-state index contributed by atoms with van der Waals surface area (Å²) in [6.07, 6.45) is 0.283. The molecule has 1 aromatic carbocycles. The smallest absolute Gasteiger partial charge is 0.312 e. The van der Waals surface area contributed by atoms with Gasteiger partial charge >= 0.3 is 5.97 Å². The van der Waals surface area contributed by atoms with Gasteiger partial charge < -0.3 is 4.74 Å². The van der Waals surface area contributed by atoms with E-state index in [0.29, 0.717) is 11.6 Å². The molecule has 0 N–H and O–H groups in total. The third-order valence-corrected chi connectivity index (χ3v) is 2.87. The fraction of sp³-hybridized carbons (Fsp3) is 0.333. The summed E-state index contributed by atoms with van der Waals surface area (Å²) in [4.78, 5) is 11.5. The lowest BCUT2D eigenvalue weighted by Crippen LogP contribution is -2.09. The van der Waals surface area contributed by atoms with Crippen LogP contribution in [0.2, 0.25) is 0 Å². The Balaban J connectivity index is 2.43.